The van der Waals surface area contributed by atoms with Gasteiger partial charge in [-0.3, -0.25) is 9.59 Å². The first kappa shape index (κ1) is 21.9. The van der Waals surface area contributed by atoms with E-state index < -0.39 is 10.8 Å². The molecule has 3 N–H and O–H groups in total. The van der Waals surface area contributed by atoms with E-state index in [0.717, 1.165) is 12.0 Å². The van der Waals surface area contributed by atoms with Crippen LogP contribution in [0.2, 0.25) is 5.02 Å². The normalized spacial score (nSPS) is 11.8. The first-order chi connectivity index (χ1) is 14.5. The van der Waals surface area contributed by atoms with Crippen LogP contribution in [-0.2, 0) is 17.8 Å². The number of aromatic nitrogens is 3. The van der Waals surface area contributed by atoms with Crippen LogP contribution < -0.4 is 16.6 Å². The van der Waals surface area contributed by atoms with Gasteiger partial charge in [0.25, 0.3) is 5.56 Å². The minimum Gasteiger partial charge on any atom is -0.385 e. The maximum Gasteiger partial charge on any atom is 0.275 e. The fourth-order valence-electron chi connectivity index (χ4n) is 2.81. The third-order valence-corrected chi connectivity index (χ3v) is 5.95. The van der Waals surface area contributed by atoms with Crippen molar-refractivity contribution in [3.05, 3.63) is 75.7 Å². The molecule has 0 unspecified atom stereocenters. The van der Waals surface area contributed by atoms with Gasteiger partial charge in [-0.05, 0) is 30.5 Å². The number of halogens is 1. The lowest BCUT2D eigenvalue weighted by molar-refractivity contribution is -0.115. The highest BCUT2D eigenvalue weighted by Gasteiger charge is 2.22. The summed E-state index contributed by atoms with van der Waals surface area (Å²) in [6.07, 6.45) is 2.72. The van der Waals surface area contributed by atoms with E-state index in [2.05, 4.69) is 15.3 Å². The largest absolute Gasteiger partial charge is 0.385 e. The Kier molecular flexibility index (Phi) is 7.48. The average Bonchev–Trinajstić information content (AvgIpc) is 2.73. The number of nitrogens with two attached hydrogens (primary N) is 1. The number of rotatable bonds is 8. The lowest BCUT2D eigenvalue weighted by Crippen LogP contribution is -2.27. The molecule has 30 heavy (non-hydrogen) atoms. The number of nitrogens with zero attached hydrogens (tertiary/aromatic N) is 3. The quantitative estimate of drug-likeness (QED) is 0.407. The second-order valence-corrected chi connectivity index (χ2v) is 8.16. The van der Waals surface area contributed by atoms with Crippen molar-refractivity contribution in [2.45, 2.75) is 36.7 Å². The van der Waals surface area contributed by atoms with E-state index in [-0.39, 0.29) is 5.91 Å². The lowest BCUT2D eigenvalue weighted by atomic mass is 10.1. The van der Waals surface area contributed by atoms with Crippen LogP contribution in [0.15, 0.2) is 64.7 Å². The zero-order valence-electron chi connectivity index (χ0n) is 16.4. The molecule has 0 saturated carbocycles. The van der Waals surface area contributed by atoms with Crippen LogP contribution in [-0.4, -0.2) is 25.7 Å². The van der Waals surface area contributed by atoms with E-state index >= 15 is 0 Å². The van der Waals surface area contributed by atoms with Crippen LogP contribution in [0.4, 0.5) is 11.6 Å². The SMILES string of the molecule is CC[C@H](Sc1nc(=O)cc(N)n1CCc1ccccc1)C(=O)Nc1ccc(Cl)cn1. The molecule has 0 fully saturated rings. The monoisotopic (exact) mass is 443 g/mol. The number of aryl methyl sites for hydroxylation is 1. The van der Waals surface area contributed by atoms with Gasteiger partial charge in [0.1, 0.15) is 11.6 Å². The summed E-state index contributed by atoms with van der Waals surface area (Å²) < 4.78 is 1.77. The van der Waals surface area contributed by atoms with Gasteiger partial charge in [0.05, 0.1) is 10.3 Å². The fraction of sp³-hybridized carbons (Fsp3) is 0.238. The van der Waals surface area contributed by atoms with Gasteiger partial charge in [-0.15, -0.1) is 0 Å². The molecule has 0 aliphatic carbocycles. The van der Waals surface area contributed by atoms with Crippen LogP contribution in [0.1, 0.15) is 18.9 Å². The summed E-state index contributed by atoms with van der Waals surface area (Å²) >= 11 is 7.05. The molecule has 9 heteroatoms. The average molecular weight is 444 g/mol. The Morgan fingerprint density at radius 2 is 2.03 bits per heavy atom. The van der Waals surface area contributed by atoms with Crippen molar-refractivity contribution in [1.29, 1.82) is 0 Å². The Morgan fingerprint density at radius 3 is 2.70 bits per heavy atom. The Balaban J connectivity index is 1.78. The number of nitrogen functional groups attached to an aromatic ring is 1. The molecule has 1 aromatic carbocycles. The fourth-order valence-corrected chi connectivity index (χ4v) is 3.97. The number of hydrogen-bond donors (Lipinski definition) is 2. The minimum atomic E-state index is -0.473. The topological polar surface area (TPSA) is 103 Å². The number of carbonyl (C=O) groups is 1. The second kappa shape index (κ2) is 10.3. The van der Waals surface area contributed by atoms with Crippen LogP contribution in [0, 0.1) is 0 Å². The summed E-state index contributed by atoms with van der Waals surface area (Å²) in [4.78, 5) is 32.9. The molecular formula is C21H22ClN5O2S. The number of nitrogens with one attached hydrogen (secondary N) is 1. The maximum atomic E-state index is 12.7. The summed E-state index contributed by atoms with van der Waals surface area (Å²) in [7, 11) is 0. The molecule has 0 radical (unpaired) electrons. The van der Waals surface area contributed by atoms with Crippen LogP contribution in [0.3, 0.4) is 0 Å². The van der Waals surface area contributed by atoms with Crippen molar-refractivity contribution in [1.82, 2.24) is 14.5 Å². The number of hydrogen-bond acceptors (Lipinski definition) is 6. The Bertz CT molecular complexity index is 1060. The number of amides is 1. The van der Waals surface area contributed by atoms with Gasteiger partial charge in [0, 0.05) is 18.8 Å². The van der Waals surface area contributed by atoms with Crippen molar-refractivity contribution in [3.63, 3.8) is 0 Å². The molecule has 156 valence electrons. The maximum absolute atomic E-state index is 12.7. The van der Waals surface area contributed by atoms with E-state index in [9.17, 15) is 9.59 Å². The molecule has 1 atom stereocenters. The molecule has 2 aromatic heterocycles. The van der Waals surface area contributed by atoms with Gasteiger partial charge in [-0.1, -0.05) is 60.6 Å². The molecule has 0 bridgehead atoms. The molecule has 0 saturated heterocycles. The van der Waals surface area contributed by atoms with E-state index in [1.807, 2.05) is 37.3 Å². The number of pyridine rings is 1. The van der Waals surface area contributed by atoms with Gasteiger partial charge < -0.3 is 15.6 Å². The zero-order valence-corrected chi connectivity index (χ0v) is 18.0. The van der Waals surface area contributed by atoms with E-state index in [1.165, 1.54) is 24.0 Å². The first-order valence-corrected chi connectivity index (χ1v) is 10.7. The number of carbonyl (C=O) groups excluding carboxylic acids is 1. The lowest BCUT2D eigenvalue weighted by Gasteiger charge is -2.18. The number of benzene rings is 1. The molecule has 0 aliphatic heterocycles. The van der Waals surface area contributed by atoms with Gasteiger partial charge in [-0.25, -0.2) is 4.98 Å². The molecular weight excluding hydrogens is 422 g/mol. The zero-order chi connectivity index (χ0) is 21.5. The molecule has 3 aromatic rings. The molecule has 7 nitrogen and oxygen atoms in total. The third-order valence-electron chi connectivity index (χ3n) is 4.38. The smallest absolute Gasteiger partial charge is 0.275 e. The number of thioether (sulfide) groups is 1. The molecule has 0 spiro atoms. The minimum absolute atomic E-state index is 0.233. The van der Waals surface area contributed by atoms with Gasteiger partial charge in [-0.2, -0.15) is 4.98 Å². The highest BCUT2D eigenvalue weighted by molar-refractivity contribution is 8.00. The predicted molar refractivity (Wildman–Crippen MR) is 121 cm³/mol. The summed E-state index contributed by atoms with van der Waals surface area (Å²) in [6, 6.07) is 14.5. The van der Waals surface area contributed by atoms with Crippen LogP contribution >= 0.6 is 23.4 Å². The van der Waals surface area contributed by atoms with Crippen molar-refractivity contribution < 1.29 is 4.79 Å². The highest BCUT2D eigenvalue weighted by atomic mass is 35.5. The summed E-state index contributed by atoms with van der Waals surface area (Å²) in [6.45, 7) is 2.44. The molecule has 3 rings (SSSR count). The Labute approximate surface area is 183 Å². The Hall–Kier alpha value is -2.84. The molecule has 1 amide bonds. The van der Waals surface area contributed by atoms with Crippen LogP contribution in [0.5, 0.6) is 0 Å². The summed E-state index contributed by atoms with van der Waals surface area (Å²) in [5.41, 5.74) is 6.82. The molecule has 0 aliphatic rings. The second-order valence-electron chi connectivity index (χ2n) is 6.55. The third kappa shape index (κ3) is 5.84. The molecule has 2 heterocycles. The highest BCUT2D eigenvalue weighted by Crippen LogP contribution is 2.26. The van der Waals surface area contributed by atoms with Gasteiger partial charge >= 0.3 is 0 Å². The van der Waals surface area contributed by atoms with Crippen LogP contribution in [0.25, 0.3) is 0 Å². The first-order valence-electron chi connectivity index (χ1n) is 9.46. The predicted octanol–water partition coefficient (Wildman–Crippen LogP) is 3.63. The summed E-state index contributed by atoms with van der Waals surface area (Å²) in [5.74, 6) is 0.497. The van der Waals surface area contributed by atoms with Crippen molar-refractivity contribution >= 4 is 40.9 Å². The van der Waals surface area contributed by atoms with E-state index in [1.54, 1.807) is 16.7 Å². The summed E-state index contributed by atoms with van der Waals surface area (Å²) in [5, 5.41) is 3.20. The Morgan fingerprint density at radius 1 is 1.27 bits per heavy atom. The van der Waals surface area contributed by atoms with Crippen molar-refractivity contribution in [3.8, 4) is 0 Å². The van der Waals surface area contributed by atoms with Gasteiger partial charge in [0.2, 0.25) is 5.91 Å². The number of anilines is 2. The van der Waals surface area contributed by atoms with Gasteiger partial charge in [0.15, 0.2) is 5.16 Å². The van der Waals surface area contributed by atoms with E-state index in [0.29, 0.717) is 34.8 Å². The van der Waals surface area contributed by atoms with Crippen molar-refractivity contribution in [2.75, 3.05) is 11.1 Å². The van der Waals surface area contributed by atoms with Crippen molar-refractivity contribution in [2.24, 2.45) is 0 Å². The standard InChI is InChI=1S/C21H22ClN5O2S/c1-2-16(20(29)25-18-9-8-15(22)13-24-18)30-21-26-19(28)12-17(23)27(21)11-10-14-6-4-3-5-7-14/h3-9,12-13,16H,2,10-11,23H2,1H3,(H,24,25,29)/t16-/m0/s1. The van der Waals surface area contributed by atoms with E-state index in [4.69, 9.17) is 17.3 Å².